The van der Waals surface area contributed by atoms with Crippen molar-refractivity contribution in [2.45, 2.75) is 38.3 Å². The Morgan fingerprint density at radius 3 is 2.45 bits per heavy atom. The fourth-order valence-corrected chi connectivity index (χ4v) is 5.25. The van der Waals surface area contributed by atoms with E-state index in [9.17, 15) is 13.2 Å². The van der Waals surface area contributed by atoms with Crippen LogP contribution in [0.25, 0.3) is 28.1 Å². The number of ether oxygens (including phenoxy) is 1. The van der Waals surface area contributed by atoms with Crippen LogP contribution in [0.3, 0.4) is 0 Å². The van der Waals surface area contributed by atoms with Gasteiger partial charge in [0.05, 0.1) is 17.6 Å². The van der Waals surface area contributed by atoms with Crippen LogP contribution in [0.1, 0.15) is 43.6 Å². The molecule has 8 nitrogen and oxygen atoms in total. The molecule has 0 aliphatic carbocycles. The van der Waals surface area contributed by atoms with E-state index in [0.717, 1.165) is 11.1 Å². The van der Waals surface area contributed by atoms with Crippen molar-refractivity contribution >= 4 is 17.0 Å². The van der Waals surface area contributed by atoms with Crippen molar-refractivity contribution in [1.82, 2.24) is 29.8 Å². The van der Waals surface area contributed by atoms with E-state index in [1.165, 1.54) is 10.6 Å². The second-order valence-corrected chi connectivity index (χ2v) is 10.8. The molecule has 42 heavy (non-hydrogen) atoms. The molecule has 2 N–H and O–H groups in total. The van der Waals surface area contributed by atoms with Crippen LogP contribution in [0.15, 0.2) is 72.8 Å². The number of halogens is 3. The van der Waals surface area contributed by atoms with Crippen molar-refractivity contribution in [2.24, 2.45) is 0 Å². The molecular formula is C31H30F3N7O. The number of nitrogens with one attached hydrogen (secondary N) is 2. The molecular weight excluding hydrogens is 543 g/mol. The minimum atomic E-state index is -2.85. The highest BCUT2D eigenvalue weighted by atomic mass is 19.3. The summed E-state index contributed by atoms with van der Waals surface area (Å²) in [4.78, 5) is 18.0. The third-order valence-corrected chi connectivity index (χ3v) is 7.10. The molecule has 1 saturated heterocycles. The summed E-state index contributed by atoms with van der Waals surface area (Å²) in [5.41, 5.74) is 2.46. The predicted octanol–water partition coefficient (Wildman–Crippen LogP) is 6.05. The summed E-state index contributed by atoms with van der Waals surface area (Å²) in [7, 11) is 0. The van der Waals surface area contributed by atoms with Crippen LogP contribution < -0.4 is 10.6 Å². The quantitative estimate of drug-likeness (QED) is 0.234. The zero-order chi connectivity index (χ0) is 29.3. The lowest BCUT2D eigenvalue weighted by Crippen LogP contribution is -2.36. The predicted molar refractivity (Wildman–Crippen MR) is 154 cm³/mol. The van der Waals surface area contributed by atoms with Gasteiger partial charge in [-0.2, -0.15) is 15.0 Å². The van der Waals surface area contributed by atoms with Crippen molar-refractivity contribution in [2.75, 3.05) is 25.0 Å². The van der Waals surface area contributed by atoms with Crippen LogP contribution in [-0.2, 0) is 11.2 Å². The fourth-order valence-electron chi connectivity index (χ4n) is 5.25. The van der Waals surface area contributed by atoms with Crippen molar-refractivity contribution in [3.63, 3.8) is 0 Å². The van der Waals surface area contributed by atoms with Crippen molar-refractivity contribution in [3.8, 4) is 17.1 Å². The second-order valence-electron chi connectivity index (χ2n) is 10.8. The summed E-state index contributed by atoms with van der Waals surface area (Å²) in [5, 5.41) is 6.64. The molecule has 216 valence electrons. The molecule has 1 aliphatic rings. The van der Waals surface area contributed by atoms with Gasteiger partial charge in [0.15, 0.2) is 11.6 Å². The van der Waals surface area contributed by atoms with Gasteiger partial charge >= 0.3 is 0 Å². The zero-order valence-electron chi connectivity index (χ0n) is 23.2. The topological polar surface area (TPSA) is 89.8 Å². The minimum absolute atomic E-state index is 0.0169. The lowest BCUT2D eigenvalue weighted by Gasteiger charge is -2.29. The summed E-state index contributed by atoms with van der Waals surface area (Å²) < 4.78 is 50.3. The molecule has 5 aromatic rings. The first-order chi connectivity index (χ1) is 20.3. The number of hydrogen-bond acceptors (Lipinski definition) is 7. The number of imidazole rings is 1. The maximum Gasteiger partial charge on any atom is 0.296 e. The first-order valence-electron chi connectivity index (χ1n) is 13.7. The van der Waals surface area contributed by atoms with Gasteiger partial charge < -0.3 is 15.4 Å². The van der Waals surface area contributed by atoms with Gasteiger partial charge in [-0.1, -0.05) is 54.6 Å². The number of fused-ring (bicyclic) bond motifs is 1. The molecule has 2 aromatic heterocycles. The fraction of sp³-hybridized carbons (Fsp3) is 0.290. The normalized spacial score (nSPS) is 15.8. The molecule has 1 atom stereocenters. The van der Waals surface area contributed by atoms with Gasteiger partial charge in [0.2, 0.25) is 11.9 Å². The number of alkyl halides is 2. The number of hydrogen-bond donors (Lipinski definition) is 2. The van der Waals surface area contributed by atoms with E-state index in [1.807, 2.05) is 44.2 Å². The van der Waals surface area contributed by atoms with Crippen molar-refractivity contribution in [3.05, 3.63) is 95.8 Å². The summed E-state index contributed by atoms with van der Waals surface area (Å²) in [6, 6.07) is 21.2. The van der Waals surface area contributed by atoms with Gasteiger partial charge in [0, 0.05) is 24.2 Å². The Hall–Kier alpha value is -4.35. The number of morpholine rings is 1. The Balaban J connectivity index is 1.40. The maximum absolute atomic E-state index is 14.7. The molecule has 0 amide bonds. The molecule has 0 spiro atoms. The summed E-state index contributed by atoms with van der Waals surface area (Å²) >= 11 is 0. The highest BCUT2D eigenvalue weighted by Gasteiger charge is 2.28. The van der Waals surface area contributed by atoms with Crippen LogP contribution in [0, 0.1) is 5.82 Å². The molecule has 0 bridgehead atoms. The van der Waals surface area contributed by atoms with E-state index in [-0.39, 0.29) is 17.7 Å². The van der Waals surface area contributed by atoms with E-state index < -0.39 is 23.9 Å². The number of rotatable bonds is 8. The number of nitrogens with zero attached hydrogens (tertiary/aromatic N) is 5. The smallest absolute Gasteiger partial charge is 0.296 e. The molecule has 6 rings (SSSR count). The van der Waals surface area contributed by atoms with Crippen molar-refractivity contribution in [1.29, 1.82) is 0 Å². The van der Waals surface area contributed by atoms with E-state index in [1.54, 1.807) is 36.4 Å². The molecule has 3 aromatic carbocycles. The van der Waals surface area contributed by atoms with E-state index in [4.69, 9.17) is 4.74 Å². The molecule has 11 heteroatoms. The third-order valence-electron chi connectivity index (χ3n) is 7.10. The standard InChI is InChI=1S/C31H30F3N7O/c1-31(2,17-19-9-3-4-10-20(19)21-11-5-6-12-22(21)32)40-29-37-27(25-18-35-15-16-42-25)38-30(39-29)41-24-14-8-7-13-23(24)36-28(41)26(33)34/h3-14,25-26,35H,15-18H2,1-2H3,(H,37,38,39,40). The first-order valence-corrected chi connectivity index (χ1v) is 13.7. The average molecular weight is 574 g/mol. The van der Waals surface area contributed by atoms with Gasteiger partial charge in [-0.15, -0.1) is 0 Å². The third kappa shape index (κ3) is 5.70. The van der Waals surface area contributed by atoms with Crippen LogP contribution >= 0.6 is 0 Å². The number of para-hydroxylation sites is 2. The largest absolute Gasteiger partial charge is 0.368 e. The molecule has 3 heterocycles. The number of benzene rings is 3. The van der Waals surface area contributed by atoms with Gasteiger partial charge in [-0.05, 0) is 49.6 Å². The summed E-state index contributed by atoms with van der Waals surface area (Å²) in [6.07, 6.45) is -2.85. The molecule has 1 unspecified atom stereocenters. The lowest BCUT2D eigenvalue weighted by molar-refractivity contribution is 0.0220. The van der Waals surface area contributed by atoms with Gasteiger partial charge in [-0.3, -0.25) is 4.57 Å². The van der Waals surface area contributed by atoms with E-state index in [0.29, 0.717) is 48.5 Å². The Labute approximate surface area is 241 Å². The average Bonchev–Trinajstić information content (AvgIpc) is 3.38. The number of aromatic nitrogens is 5. The Kier molecular flexibility index (Phi) is 7.61. The van der Waals surface area contributed by atoms with Gasteiger partial charge in [0.25, 0.3) is 6.43 Å². The SMILES string of the molecule is CC(C)(Cc1ccccc1-c1ccccc1F)Nc1nc(C2CNCCO2)nc(-n2c(C(F)F)nc3ccccc32)n1. The number of anilines is 1. The van der Waals surface area contributed by atoms with Gasteiger partial charge in [-0.25, -0.2) is 18.2 Å². The Morgan fingerprint density at radius 1 is 0.952 bits per heavy atom. The summed E-state index contributed by atoms with van der Waals surface area (Å²) in [6.45, 7) is 5.57. The zero-order valence-corrected chi connectivity index (χ0v) is 23.2. The molecule has 0 radical (unpaired) electrons. The van der Waals surface area contributed by atoms with Crippen molar-refractivity contribution < 1.29 is 17.9 Å². The second kappa shape index (κ2) is 11.5. The monoisotopic (exact) mass is 573 g/mol. The molecule has 1 aliphatic heterocycles. The molecule has 0 saturated carbocycles. The first kappa shape index (κ1) is 27.8. The Bertz CT molecular complexity index is 1720. The summed E-state index contributed by atoms with van der Waals surface area (Å²) in [5.74, 6) is -0.222. The van der Waals surface area contributed by atoms with E-state index in [2.05, 4.69) is 30.6 Å². The van der Waals surface area contributed by atoms with Crippen LogP contribution in [0.5, 0.6) is 0 Å². The van der Waals surface area contributed by atoms with Crippen LogP contribution in [-0.4, -0.2) is 49.7 Å². The Morgan fingerprint density at radius 2 is 1.69 bits per heavy atom. The highest BCUT2D eigenvalue weighted by Crippen LogP contribution is 2.31. The van der Waals surface area contributed by atoms with Crippen LogP contribution in [0.2, 0.25) is 0 Å². The molecule has 1 fully saturated rings. The maximum atomic E-state index is 14.7. The van der Waals surface area contributed by atoms with E-state index >= 15 is 0 Å². The lowest BCUT2D eigenvalue weighted by atomic mass is 9.89. The van der Waals surface area contributed by atoms with Gasteiger partial charge in [0.1, 0.15) is 11.9 Å². The minimum Gasteiger partial charge on any atom is -0.368 e. The highest BCUT2D eigenvalue weighted by molar-refractivity contribution is 5.77. The van der Waals surface area contributed by atoms with Crippen LogP contribution in [0.4, 0.5) is 19.1 Å².